The van der Waals surface area contributed by atoms with Crippen molar-refractivity contribution in [3.8, 4) is 0 Å². The second-order valence-corrected chi connectivity index (χ2v) is 7.23. The summed E-state index contributed by atoms with van der Waals surface area (Å²) in [4.78, 5) is 38.1. The molecule has 0 atom stereocenters. The van der Waals surface area contributed by atoms with Gasteiger partial charge in [0.15, 0.2) is 0 Å². The Bertz CT molecular complexity index is 1070. The number of hydrogen-bond donors (Lipinski definition) is 1. The summed E-state index contributed by atoms with van der Waals surface area (Å²) in [5, 5.41) is 13.2. The Kier molecular flexibility index (Phi) is 6.28. The van der Waals surface area contributed by atoms with Crippen molar-refractivity contribution >= 4 is 58.2 Å². The normalized spacial score (nSPS) is 14.9. The minimum absolute atomic E-state index is 0.0970. The summed E-state index contributed by atoms with van der Waals surface area (Å²) in [6.07, 6.45) is 1.33. The van der Waals surface area contributed by atoms with Gasteiger partial charge in [0, 0.05) is 19.2 Å². The number of carbonyl (C=O) groups is 2. The molecule has 1 fully saturated rings. The molecule has 8 nitrogen and oxygen atoms in total. The van der Waals surface area contributed by atoms with E-state index in [1.165, 1.54) is 24.3 Å². The molecule has 0 bridgehead atoms. The van der Waals surface area contributed by atoms with Gasteiger partial charge in [-0.2, -0.15) is 0 Å². The van der Waals surface area contributed by atoms with Crippen LogP contribution in [0.1, 0.15) is 19.4 Å². The highest BCUT2D eigenvalue weighted by molar-refractivity contribution is 6.42. The summed E-state index contributed by atoms with van der Waals surface area (Å²) in [7, 11) is 0. The van der Waals surface area contributed by atoms with Gasteiger partial charge in [-0.3, -0.25) is 25.1 Å². The number of hydrazine groups is 1. The number of halogens is 2. The third-order valence-electron chi connectivity index (χ3n) is 4.66. The van der Waals surface area contributed by atoms with Crippen molar-refractivity contribution in [3.05, 3.63) is 67.7 Å². The molecule has 0 spiro atoms. The Morgan fingerprint density at radius 2 is 1.80 bits per heavy atom. The van der Waals surface area contributed by atoms with Crippen molar-refractivity contribution in [2.45, 2.75) is 13.8 Å². The Morgan fingerprint density at radius 3 is 2.40 bits per heavy atom. The van der Waals surface area contributed by atoms with Gasteiger partial charge >= 0.3 is 0 Å². The molecule has 0 aliphatic carbocycles. The average Bonchev–Trinajstić information content (AvgIpc) is 3.00. The van der Waals surface area contributed by atoms with E-state index in [1.54, 1.807) is 18.2 Å². The van der Waals surface area contributed by atoms with Crippen molar-refractivity contribution in [2.24, 2.45) is 0 Å². The number of hydrogen-bond acceptors (Lipinski definition) is 5. The number of benzene rings is 2. The van der Waals surface area contributed by atoms with E-state index in [0.717, 1.165) is 5.01 Å². The monoisotopic (exact) mass is 448 g/mol. The molecule has 1 aliphatic rings. The zero-order chi connectivity index (χ0) is 22.0. The number of nitrogens with one attached hydrogen (secondary N) is 1. The molecule has 2 aromatic carbocycles. The summed E-state index contributed by atoms with van der Waals surface area (Å²) >= 11 is 11.9. The minimum atomic E-state index is -0.624. The highest BCUT2D eigenvalue weighted by Gasteiger charge is 2.35. The molecular weight excluding hydrogens is 431 g/mol. The first-order valence-corrected chi connectivity index (χ1v) is 9.88. The van der Waals surface area contributed by atoms with E-state index in [4.69, 9.17) is 23.2 Å². The molecule has 1 N–H and O–H groups in total. The number of amides is 2. The Morgan fingerprint density at radius 1 is 1.10 bits per heavy atom. The van der Waals surface area contributed by atoms with Gasteiger partial charge in [-0.25, -0.2) is 5.01 Å². The van der Waals surface area contributed by atoms with Crippen LogP contribution in [0.3, 0.4) is 0 Å². The summed E-state index contributed by atoms with van der Waals surface area (Å²) in [6.45, 7) is 5.03. The van der Waals surface area contributed by atoms with Gasteiger partial charge in [-0.15, -0.1) is 0 Å². The van der Waals surface area contributed by atoms with Crippen LogP contribution >= 0.6 is 23.2 Å². The first-order chi connectivity index (χ1) is 14.3. The number of nitro benzene ring substituents is 1. The van der Waals surface area contributed by atoms with Gasteiger partial charge in [-0.1, -0.05) is 29.3 Å². The minimum Gasteiger partial charge on any atom is -0.367 e. The first kappa shape index (κ1) is 21.6. The molecule has 0 unspecified atom stereocenters. The number of nitrogens with zero attached hydrogens (tertiary/aromatic N) is 3. The number of rotatable bonds is 6. The van der Waals surface area contributed by atoms with Crippen LogP contribution in [0.25, 0.3) is 6.08 Å². The molecule has 1 saturated heterocycles. The molecule has 3 rings (SSSR count). The van der Waals surface area contributed by atoms with E-state index in [1.807, 2.05) is 18.7 Å². The van der Waals surface area contributed by atoms with Gasteiger partial charge in [0.25, 0.3) is 17.5 Å². The van der Waals surface area contributed by atoms with E-state index in [9.17, 15) is 19.7 Å². The highest BCUT2D eigenvalue weighted by atomic mass is 35.5. The largest absolute Gasteiger partial charge is 0.367 e. The number of nitro groups is 1. The van der Waals surface area contributed by atoms with E-state index >= 15 is 0 Å². The zero-order valence-corrected chi connectivity index (χ0v) is 17.7. The van der Waals surface area contributed by atoms with Crippen molar-refractivity contribution in [3.63, 3.8) is 0 Å². The SMILES string of the molecule is CCN(CC)c1ccc(/C=C2\C(=O)NN(c3ccc(Cl)c(Cl)c3)C2=O)cc1[N+](=O)[O-]. The van der Waals surface area contributed by atoms with Gasteiger partial charge in [0.05, 0.1) is 20.7 Å². The van der Waals surface area contributed by atoms with Gasteiger partial charge in [-0.05, 0) is 49.8 Å². The van der Waals surface area contributed by atoms with E-state index < -0.39 is 16.7 Å². The van der Waals surface area contributed by atoms with Crippen LogP contribution in [0.4, 0.5) is 17.1 Å². The molecule has 2 amide bonds. The van der Waals surface area contributed by atoms with E-state index in [-0.39, 0.29) is 16.3 Å². The lowest BCUT2D eigenvalue weighted by Gasteiger charge is -2.20. The maximum absolute atomic E-state index is 12.8. The fourth-order valence-corrected chi connectivity index (χ4v) is 3.43. The smallest absolute Gasteiger partial charge is 0.293 e. The van der Waals surface area contributed by atoms with Crippen molar-refractivity contribution in [1.82, 2.24) is 5.43 Å². The highest BCUT2D eigenvalue weighted by Crippen LogP contribution is 2.32. The maximum Gasteiger partial charge on any atom is 0.293 e. The number of anilines is 2. The molecule has 156 valence electrons. The molecule has 2 aromatic rings. The van der Waals surface area contributed by atoms with Crippen LogP contribution < -0.4 is 15.3 Å². The van der Waals surface area contributed by atoms with Crippen molar-refractivity contribution < 1.29 is 14.5 Å². The van der Waals surface area contributed by atoms with Crippen LogP contribution in [0, 0.1) is 10.1 Å². The average molecular weight is 449 g/mol. The summed E-state index contributed by atoms with van der Waals surface area (Å²) in [5.41, 5.74) is 3.40. The Labute approximate surface area is 182 Å². The van der Waals surface area contributed by atoms with Gasteiger partial charge < -0.3 is 4.90 Å². The lowest BCUT2D eigenvalue weighted by molar-refractivity contribution is -0.384. The third-order valence-corrected chi connectivity index (χ3v) is 5.40. The molecule has 0 radical (unpaired) electrons. The molecule has 10 heteroatoms. The topological polar surface area (TPSA) is 95.8 Å². The Hall–Kier alpha value is -3.10. The Balaban J connectivity index is 1.97. The fourth-order valence-electron chi connectivity index (χ4n) is 3.14. The first-order valence-electron chi connectivity index (χ1n) is 9.12. The predicted molar refractivity (Wildman–Crippen MR) is 117 cm³/mol. The second kappa shape index (κ2) is 8.73. The predicted octanol–water partition coefficient (Wildman–Crippen LogP) is 4.21. The molecular formula is C20H18Cl2N4O4. The second-order valence-electron chi connectivity index (χ2n) is 6.42. The number of carbonyl (C=O) groups excluding carboxylic acids is 2. The van der Waals surface area contributed by atoms with E-state index in [0.29, 0.717) is 35.1 Å². The lowest BCUT2D eigenvalue weighted by atomic mass is 10.1. The van der Waals surface area contributed by atoms with E-state index in [2.05, 4.69) is 5.43 Å². The quantitative estimate of drug-likeness (QED) is 0.309. The van der Waals surface area contributed by atoms with Gasteiger partial charge in [0.1, 0.15) is 11.3 Å². The van der Waals surface area contributed by atoms with Gasteiger partial charge in [0.2, 0.25) is 0 Å². The zero-order valence-electron chi connectivity index (χ0n) is 16.2. The fraction of sp³-hybridized carbons (Fsp3) is 0.200. The molecule has 30 heavy (non-hydrogen) atoms. The van der Waals surface area contributed by atoms with Crippen molar-refractivity contribution in [2.75, 3.05) is 23.0 Å². The molecule has 1 aliphatic heterocycles. The molecule has 0 aromatic heterocycles. The van der Waals surface area contributed by atoms with Crippen LogP contribution in [-0.4, -0.2) is 29.8 Å². The summed E-state index contributed by atoms with van der Waals surface area (Å²) in [6, 6.07) is 9.11. The standard InChI is InChI=1S/C20H18Cl2N4O4/c1-3-24(4-2)17-8-5-12(10-18(17)26(29)30)9-14-19(27)23-25(20(14)28)13-6-7-15(21)16(22)11-13/h5-11H,3-4H2,1-2H3,(H,23,27)/b14-9+. The van der Waals surface area contributed by atoms with Crippen molar-refractivity contribution in [1.29, 1.82) is 0 Å². The van der Waals surface area contributed by atoms with Crippen LogP contribution in [0.5, 0.6) is 0 Å². The summed E-state index contributed by atoms with van der Waals surface area (Å²) in [5.74, 6) is -1.23. The van der Waals surface area contributed by atoms with Crippen LogP contribution in [-0.2, 0) is 9.59 Å². The lowest BCUT2D eigenvalue weighted by Crippen LogP contribution is -2.35. The van der Waals surface area contributed by atoms with Crippen LogP contribution in [0.2, 0.25) is 10.0 Å². The third kappa shape index (κ3) is 4.10. The van der Waals surface area contributed by atoms with Crippen LogP contribution in [0.15, 0.2) is 42.0 Å². The molecule has 0 saturated carbocycles. The maximum atomic E-state index is 12.8. The summed E-state index contributed by atoms with van der Waals surface area (Å²) < 4.78 is 0. The molecule has 1 heterocycles.